The van der Waals surface area contributed by atoms with Gasteiger partial charge in [-0.05, 0) is 26.1 Å². The van der Waals surface area contributed by atoms with Gasteiger partial charge in [-0.15, -0.1) is 0 Å². The quantitative estimate of drug-likeness (QED) is 0.150. The Labute approximate surface area is 272 Å². The van der Waals surface area contributed by atoms with Crippen molar-refractivity contribution in [2.24, 2.45) is 5.41 Å². The molecule has 0 aromatic carbocycles. The molecule has 260 valence electrons. The van der Waals surface area contributed by atoms with Gasteiger partial charge in [-0.1, -0.05) is 27.7 Å². The van der Waals surface area contributed by atoms with Gasteiger partial charge in [0.15, 0.2) is 0 Å². The number of esters is 3. The Hall–Kier alpha value is -1.83. The first-order chi connectivity index (χ1) is 21.8. The van der Waals surface area contributed by atoms with Crippen molar-refractivity contribution >= 4 is 17.9 Å². The van der Waals surface area contributed by atoms with E-state index < -0.39 is 5.41 Å². The second-order valence-electron chi connectivity index (χ2n) is 12.9. The van der Waals surface area contributed by atoms with Crippen molar-refractivity contribution < 1.29 is 28.6 Å². The highest BCUT2D eigenvalue weighted by atomic mass is 16.6. The summed E-state index contributed by atoms with van der Waals surface area (Å²) in [6, 6.07) is 0. The van der Waals surface area contributed by atoms with E-state index in [4.69, 9.17) is 14.2 Å². The van der Waals surface area contributed by atoms with Gasteiger partial charge in [-0.2, -0.15) is 0 Å². The SMILES string of the molecule is CCN1CCN(CCC(=O)OCC(CC)(COC(=O)CCN2CCN(CC)CC2)COC(=O)CCN2CCN(CC)CC2)CC1. The van der Waals surface area contributed by atoms with E-state index in [1.54, 1.807) is 0 Å². The zero-order chi connectivity index (χ0) is 32.5. The van der Waals surface area contributed by atoms with Crippen molar-refractivity contribution in [2.75, 3.05) is 138 Å². The van der Waals surface area contributed by atoms with Crippen molar-refractivity contribution in [1.82, 2.24) is 29.4 Å². The van der Waals surface area contributed by atoms with E-state index in [0.717, 1.165) is 98.2 Å². The molecular formula is C33H62N6O6. The second kappa shape index (κ2) is 20.4. The molecule has 0 unspecified atom stereocenters. The number of carbonyl (C=O) groups excluding carboxylic acids is 3. The third-order valence-electron chi connectivity index (χ3n) is 10.0. The number of piperazine rings is 3. The molecule has 45 heavy (non-hydrogen) atoms. The average molecular weight is 639 g/mol. The molecule has 0 bridgehead atoms. The van der Waals surface area contributed by atoms with Crippen LogP contribution < -0.4 is 0 Å². The molecule has 0 aromatic heterocycles. The van der Waals surface area contributed by atoms with Crippen molar-refractivity contribution in [2.45, 2.75) is 53.4 Å². The minimum absolute atomic E-state index is 0.0461. The van der Waals surface area contributed by atoms with Gasteiger partial charge in [-0.3, -0.25) is 14.4 Å². The molecule has 12 heteroatoms. The molecule has 0 saturated carbocycles. The zero-order valence-electron chi connectivity index (χ0n) is 28.8. The van der Waals surface area contributed by atoms with Crippen molar-refractivity contribution in [1.29, 1.82) is 0 Å². The summed E-state index contributed by atoms with van der Waals surface area (Å²) in [5, 5.41) is 0. The van der Waals surface area contributed by atoms with Crippen LogP contribution in [-0.4, -0.2) is 185 Å². The third-order valence-corrected chi connectivity index (χ3v) is 10.0. The van der Waals surface area contributed by atoms with Gasteiger partial charge in [-0.25, -0.2) is 0 Å². The maximum absolute atomic E-state index is 12.8. The number of hydrogen-bond acceptors (Lipinski definition) is 12. The first-order valence-electron chi connectivity index (χ1n) is 17.6. The highest BCUT2D eigenvalue weighted by Crippen LogP contribution is 2.25. The highest BCUT2D eigenvalue weighted by Gasteiger charge is 2.34. The average Bonchev–Trinajstić information content (AvgIpc) is 3.09. The zero-order valence-corrected chi connectivity index (χ0v) is 28.8. The largest absolute Gasteiger partial charge is 0.465 e. The fourth-order valence-corrected chi connectivity index (χ4v) is 6.08. The van der Waals surface area contributed by atoms with Gasteiger partial charge in [0.25, 0.3) is 0 Å². The Morgan fingerprint density at radius 2 is 0.689 bits per heavy atom. The van der Waals surface area contributed by atoms with Crippen LogP contribution in [0.3, 0.4) is 0 Å². The van der Waals surface area contributed by atoms with E-state index in [2.05, 4.69) is 50.2 Å². The maximum atomic E-state index is 12.8. The standard InChI is InChI=1S/C33H62N6O6/c1-5-33(27-43-30(40)9-12-37-21-15-34(6-2)16-22-37,28-44-31(41)10-13-38-23-17-35(7-3)18-24-38)29-45-32(42)11-14-39-25-19-36(8-4)20-26-39/h5-29H2,1-4H3. The Kier molecular flexibility index (Phi) is 17.1. The highest BCUT2D eigenvalue weighted by molar-refractivity contribution is 5.70. The third kappa shape index (κ3) is 13.8. The monoisotopic (exact) mass is 638 g/mol. The summed E-state index contributed by atoms with van der Waals surface area (Å²) >= 11 is 0. The number of likely N-dealkylation sites (N-methyl/N-ethyl adjacent to an activating group) is 3. The molecule has 0 atom stereocenters. The predicted octanol–water partition coefficient (Wildman–Crippen LogP) is 1.10. The lowest BCUT2D eigenvalue weighted by atomic mass is 9.88. The van der Waals surface area contributed by atoms with Gasteiger partial charge in [0, 0.05) is 98.2 Å². The summed E-state index contributed by atoms with van der Waals surface area (Å²) in [5.74, 6) is -0.831. The molecule has 3 aliphatic heterocycles. The lowest BCUT2D eigenvalue weighted by Gasteiger charge is -2.34. The summed E-state index contributed by atoms with van der Waals surface area (Å²) < 4.78 is 17.3. The lowest BCUT2D eigenvalue weighted by molar-refractivity contribution is -0.162. The molecule has 0 aromatic rings. The normalized spacial score (nSPS) is 20.3. The summed E-state index contributed by atoms with van der Waals surface area (Å²) in [4.78, 5) is 52.5. The molecular weight excluding hydrogens is 576 g/mol. The Morgan fingerprint density at radius 1 is 0.444 bits per heavy atom. The van der Waals surface area contributed by atoms with Crippen LogP contribution in [0.5, 0.6) is 0 Å². The molecule has 3 heterocycles. The van der Waals surface area contributed by atoms with Crippen LogP contribution in [-0.2, 0) is 28.6 Å². The maximum Gasteiger partial charge on any atom is 0.307 e. The Bertz CT molecular complexity index is 762. The van der Waals surface area contributed by atoms with E-state index >= 15 is 0 Å². The fourth-order valence-electron chi connectivity index (χ4n) is 6.08. The number of ether oxygens (including phenoxy) is 3. The molecule has 0 aliphatic carbocycles. The van der Waals surface area contributed by atoms with E-state index in [9.17, 15) is 14.4 Å². The van der Waals surface area contributed by atoms with Gasteiger partial charge in [0.05, 0.1) is 24.7 Å². The van der Waals surface area contributed by atoms with E-state index in [0.29, 0.717) is 45.3 Å². The number of rotatable bonds is 19. The van der Waals surface area contributed by atoms with Crippen LogP contribution in [0.2, 0.25) is 0 Å². The van der Waals surface area contributed by atoms with Crippen LogP contribution in [0.4, 0.5) is 0 Å². The second-order valence-corrected chi connectivity index (χ2v) is 12.9. The van der Waals surface area contributed by atoms with E-state index in [1.807, 2.05) is 6.92 Å². The van der Waals surface area contributed by atoms with Crippen LogP contribution >= 0.6 is 0 Å². The molecule has 3 saturated heterocycles. The van der Waals surface area contributed by atoms with Gasteiger partial charge >= 0.3 is 17.9 Å². The first-order valence-corrected chi connectivity index (χ1v) is 17.6. The molecule has 3 fully saturated rings. The lowest BCUT2D eigenvalue weighted by Crippen LogP contribution is -2.47. The van der Waals surface area contributed by atoms with E-state index in [-0.39, 0.29) is 37.7 Å². The minimum Gasteiger partial charge on any atom is -0.465 e. The number of carbonyl (C=O) groups is 3. The Morgan fingerprint density at radius 3 is 0.911 bits per heavy atom. The Balaban J connectivity index is 1.47. The molecule has 3 aliphatic rings. The molecule has 0 radical (unpaired) electrons. The smallest absolute Gasteiger partial charge is 0.307 e. The summed E-state index contributed by atoms with van der Waals surface area (Å²) in [6.07, 6.45) is 1.46. The summed E-state index contributed by atoms with van der Waals surface area (Å²) in [7, 11) is 0. The molecule has 12 nitrogen and oxygen atoms in total. The van der Waals surface area contributed by atoms with Crippen molar-refractivity contribution in [3.05, 3.63) is 0 Å². The minimum atomic E-state index is -0.784. The fraction of sp³-hybridized carbons (Fsp3) is 0.909. The molecule has 0 N–H and O–H groups in total. The summed E-state index contributed by atoms with van der Waals surface area (Å²) in [5.41, 5.74) is -0.784. The summed E-state index contributed by atoms with van der Waals surface area (Å²) in [6.45, 7) is 25.6. The molecule has 0 spiro atoms. The predicted molar refractivity (Wildman–Crippen MR) is 175 cm³/mol. The van der Waals surface area contributed by atoms with Gasteiger partial charge in [0.2, 0.25) is 0 Å². The van der Waals surface area contributed by atoms with E-state index in [1.165, 1.54) is 0 Å². The molecule has 0 amide bonds. The number of hydrogen-bond donors (Lipinski definition) is 0. The number of nitrogens with zero attached hydrogens (tertiary/aromatic N) is 6. The molecule has 3 rings (SSSR count). The van der Waals surface area contributed by atoms with Crippen LogP contribution in [0, 0.1) is 5.41 Å². The van der Waals surface area contributed by atoms with Crippen LogP contribution in [0.15, 0.2) is 0 Å². The topological polar surface area (TPSA) is 98.3 Å². The van der Waals surface area contributed by atoms with Gasteiger partial charge < -0.3 is 43.6 Å². The van der Waals surface area contributed by atoms with Gasteiger partial charge in [0.1, 0.15) is 19.8 Å². The van der Waals surface area contributed by atoms with Crippen molar-refractivity contribution in [3.8, 4) is 0 Å². The van der Waals surface area contributed by atoms with Crippen LogP contribution in [0.1, 0.15) is 53.4 Å². The van der Waals surface area contributed by atoms with Crippen molar-refractivity contribution in [3.63, 3.8) is 0 Å². The van der Waals surface area contributed by atoms with Crippen LogP contribution in [0.25, 0.3) is 0 Å². The first kappa shape index (κ1) is 37.6.